The summed E-state index contributed by atoms with van der Waals surface area (Å²) in [4.78, 5) is 83.0. The molecule has 336 valence electrons. The van der Waals surface area contributed by atoms with Crippen LogP contribution in [-0.2, 0) is 41.6 Å². The Kier molecular flexibility index (Phi) is 23.2. The van der Waals surface area contributed by atoms with E-state index >= 15 is 0 Å². The number of benzene rings is 1. The smallest absolute Gasteiger partial charge is 0.326 e. The van der Waals surface area contributed by atoms with Crippen LogP contribution in [0.25, 0.3) is 0 Å². The molecule has 1 aromatic rings. The van der Waals surface area contributed by atoms with Gasteiger partial charge in [-0.2, -0.15) is 0 Å². The van der Waals surface area contributed by atoms with E-state index in [2.05, 4.69) is 39.7 Å². The van der Waals surface area contributed by atoms with Crippen LogP contribution < -0.4 is 38.1 Å². The topological polar surface area (TPSA) is 258 Å². The lowest BCUT2D eigenvalue weighted by Gasteiger charge is -2.31. The Balaban J connectivity index is 2.38. The Morgan fingerprint density at radius 3 is 2.23 bits per heavy atom. The number of likely N-dealkylation sites (tertiary alicyclic amines) is 1. The van der Waals surface area contributed by atoms with Crippen LogP contribution in [0.3, 0.4) is 0 Å². The Morgan fingerprint density at radius 2 is 1.60 bits per heavy atom. The lowest BCUT2D eigenvalue weighted by Crippen LogP contribution is -2.60. The van der Waals surface area contributed by atoms with Gasteiger partial charge >= 0.3 is 5.97 Å². The van der Waals surface area contributed by atoms with Crippen LogP contribution in [0.4, 0.5) is 0 Å². The molecule has 5 amide bonds. The Morgan fingerprint density at radius 1 is 0.900 bits per heavy atom. The van der Waals surface area contributed by atoms with E-state index in [0.29, 0.717) is 82.0 Å². The first-order chi connectivity index (χ1) is 28.6. The average molecular weight is 841 g/mol. The number of aromatic hydroxyl groups is 1. The Hall–Kier alpha value is -4.80. The quantitative estimate of drug-likeness (QED) is 0.0417. The first-order valence-corrected chi connectivity index (χ1v) is 21.5. The van der Waals surface area contributed by atoms with Crippen molar-refractivity contribution in [2.45, 2.75) is 141 Å². The molecule has 0 aliphatic carbocycles. The Bertz CT molecular complexity index is 1590. The van der Waals surface area contributed by atoms with Gasteiger partial charge in [0.2, 0.25) is 29.5 Å². The fourth-order valence-corrected chi connectivity index (χ4v) is 7.19. The minimum atomic E-state index is -1.24. The summed E-state index contributed by atoms with van der Waals surface area (Å²) in [5.41, 5.74) is 13.1. The molecule has 1 heterocycles. The summed E-state index contributed by atoms with van der Waals surface area (Å²) in [6, 6.07) is -1.46. The molecule has 16 heteroatoms. The van der Waals surface area contributed by atoms with Gasteiger partial charge in [0.25, 0.3) is 0 Å². The molecule has 0 radical (unpaired) electrons. The van der Waals surface area contributed by atoms with Crippen molar-refractivity contribution in [1.82, 2.24) is 31.5 Å². The number of phenols is 1. The SMILES string of the molecule is C=CCNCCCC[C@H](N)C(=O)N[C@@H](CCCCN)C(=O)N1CCC[C@H]1C(=O)N[C@@H](Cc1ccc(O)c(CC=C)c1)C(=O)N[C@H](C(=O)N[C@@H](CC(C)C)C(=O)O)[C@@H](C)CC. The first kappa shape index (κ1) is 51.3. The van der Waals surface area contributed by atoms with Gasteiger partial charge in [-0.3, -0.25) is 24.0 Å². The number of phenolic OH excluding ortho intramolecular Hbond substituents is 1. The van der Waals surface area contributed by atoms with Crippen LogP contribution in [0, 0.1) is 11.8 Å². The summed E-state index contributed by atoms with van der Waals surface area (Å²) in [7, 11) is 0. The minimum absolute atomic E-state index is 0.0265. The van der Waals surface area contributed by atoms with Gasteiger partial charge in [0, 0.05) is 19.5 Å². The van der Waals surface area contributed by atoms with Gasteiger partial charge in [-0.1, -0.05) is 64.8 Å². The largest absolute Gasteiger partial charge is 0.508 e. The zero-order valence-corrected chi connectivity index (χ0v) is 36.2. The number of aliphatic carboxylic acids is 1. The monoisotopic (exact) mass is 841 g/mol. The lowest BCUT2D eigenvalue weighted by atomic mass is 9.95. The van der Waals surface area contributed by atoms with E-state index in [-0.39, 0.29) is 31.1 Å². The zero-order chi connectivity index (χ0) is 44.8. The third kappa shape index (κ3) is 17.1. The molecular formula is C44H72N8O8. The highest BCUT2D eigenvalue weighted by molar-refractivity contribution is 5.96. The van der Waals surface area contributed by atoms with Gasteiger partial charge in [-0.15, -0.1) is 13.2 Å². The van der Waals surface area contributed by atoms with Crippen LogP contribution in [0.5, 0.6) is 5.75 Å². The molecule has 1 saturated heterocycles. The van der Waals surface area contributed by atoms with Crippen molar-refractivity contribution in [2.24, 2.45) is 23.3 Å². The molecule has 2 rings (SSSR count). The van der Waals surface area contributed by atoms with Gasteiger partial charge in [-0.25, -0.2) is 4.79 Å². The van der Waals surface area contributed by atoms with E-state index in [9.17, 15) is 39.0 Å². The van der Waals surface area contributed by atoms with Gasteiger partial charge in [-0.05, 0) is 99.9 Å². The van der Waals surface area contributed by atoms with Crippen molar-refractivity contribution in [3.63, 3.8) is 0 Å². The predicted octanol–water partition coefficient (Wildman–Crippen LogP) is 2.17. The summed E-state index contributed by atoms with van der Waals surface area (Å²) >= 11 is 0. The first-order valence-electron chi connectivity index (χ1n) is 21.5. The van der Waals surface area contributed by atoms with Gasteiger partial charge in [0.15, 0.2) is 0 Å². The normalized spacial score (nSPS) is 16.8. The van der Waals surface area contributed by atoms with Crippen LogP contribution >= 0.6 is 0 Å². The molecule has 11 N–H and O–H groups in total. The van der Waals surface area contributed by atoms with E-state index < -0.39 is 77.7 Å². The van der Waals surface area contributed by atoms with Crippen LogP contribution in [0.1, 0.15) is 103 Å². The maximum absolute atomic E-state index is 14.3. The average Bonchev–Trinajstić information content (AvgIpc) is 3.71. The summed E-state index contributed by atoms with van der Waals surface area (Å²) in [5.74, 6) is -4.42. The van der Waals surface area contributed by atoms with Crippen molar-refractivity contribution < 1.29 is 39.0 Å². The number of nitrogens with one attached hydrogen (secondary N) is 5. The van der Waals surface area contributed by atoms with E-state index in [4.69, 9.17) is 11.5 Å². The Labute approximate surface area is 356 Å². The van der Waals surface area contributed by atoms with Crippen molar-refractivity contribution in [2.75, 3.05) is 26.2 Å². The van der Waals surface area contributed by atoms with Gasteiger partial charge in [0.1, 0.15) is 36.0 Å². The van der Waals surface area contributed by atoms with Gasteiger partial charge < -0.3 is 53.2 Å². The highest BCUT2D eigenvalue weighted by atomic mass is 16.4. The number of carboxylic acid groups (broad SMARTS) is 1. The molecule has 1 aliphatic heterocycles. The fourth-order valence-electron chi connectivity index (χ4n) is 7.19. The number of amides is 5. The number of allylic oxidation sites excluding steroid dienone is 1. The van der Waals surface area contributed by atoms with E-state index in [1.807, 2.05) is 20.8 Å². The number of hydrogen-bond donors (Lipinski definition) is 9. The number of carbonyl (C=O) groups is 6. The summed E-state index contributed by atoms with van der Waals surface area (Å²) < 4.78 is 0. The van der Waals surface area contributed by atoms with E-state index in [0.717, 1.165) is 13.0 Å². The standard InChI is InChI=1S/C44H72N8O8/c1-7-15-31-26-30(19-20-37(31)53)27-34(40(55)51-38(29(6)9-3)42(57)50-35(44(59)60)25-28(4)5)49-41(56)36-18-14-24-52(36)43(58)33(17-10-12-21-45)48-39(54)32(46)16-11-13-23-47-22-8-2/h7-8,19-20,26,28-29,32-36,38,47,53H,1-2,9-18,21-25,27,45-46H2,3-6H3,(H,48,54)(H,49,56)(H,50,57)(H,51,55)(H,59,60)/t29-,32-,33-,34-,35-,36-,38-/m0/s1. The van der Waals surface area contributed by atoms with E-state index in [1.165, 1.54) is 11.0 Å². The van der Waals surface area contributed by atoms with Crippen molar-refractivity contribution in [3.8, 4) is 5.75 Å². The molecule has 1 fully saturated rings. The fraction of sp³-hybridized carbons (Fsp3) is 0.636. The zero-order valence-electron chi connectivity index (χ0n) is 36.2. The highest BCUT2D eigenvalue weighted by Crippen LogP contribution is 2.23. The molecule has 0 saturated carbocycles. The third-order valence-electron chi connectivity index (χ3n) is 10.8. The number of unbranched alkanes of at least 4 members (excludes halogenated alkanes) is 2. The molecule has 0 spiro atoms. The second kappa shape index (κ2) is 27.1. The molecule has 0 bridgehead atoms. The molecule has 7 atom stereocenters. The van der Waals surface area contributed by atoms with Crippen molar-refractivity contribution in [3.05, 3.63) is 54.6 Å². The van der Waals surface area contributed by atoms with Crippen LogP contribution in [0.2, 0.25) is 0 Å². The number of nitrogens with two attached hydrogens (primary N) is 2. The molecule has 1 aliphatic rings. The summed E-state index contributed by atoms with van der Waals surface area (Å²) in [6.45, 7) is 16.8. The number of carboxylic acids is 1. The molecule has 0 aromatic heterocycles. The molecule has 0 unspecified atom stereocenters. The summed E-state index contributed by atoms with van der Waals surface area (Å²) in [5, 5.41) is 34.5. The third-order valence-corrected chi connectivity index (χ3v) is 10.8. The predicted molar refractivity (Wildman–Crippen MR) is 233 cm³/mol. The van der Waals surface area contributed by atoms with E-state index in [1.54, 1.807) is 31.2 Å². The maximum atomic E-state index is 14.3. The number of rotatable bonds is 29. The number of nitrogens with zero attached hydrogens (tertiary/aromatic N) is 1. The highest BCUT2D eigenvalue weighted by Gasteiger charge is 2.40. The second-order valence-electron chi connectivity index (χ2n) is 16.3. The minimum Gasteiger partial charge on any atom is -0.508 e. The summed E-state index contributed by atoms with van der Waals surface area (Å²) in [6.07, 6.45) is 8.59. The molecule has 60 heavy (non-hydrogen) atoms. The lowest BCUT2D eigenvalue weighted by molar-refractivity contribution is -0.143. The van der Waals surface area contributed by atoms with Crippen molar-refractivity contribution >= 4 is 35.5 Å². The van der Waals surface area contributed by atoms with Crippen molar-refractivity contribution in [1.29, 1.82) is 0 Å². The second-order valence-corrected chi connectivity index (χ2v) is 16.3. The maximum Gasteiger partial charge on any atom is 0.326 e. The van der Waals surface area contributed by atoms with Crippen LogP contribution in [-0.4, -0.2) is 113 Å². The van der Waals surface area contributed by atoms with Crippen LogP contribution in [0.15, 0.2) is 43.5 Å². The number of carbonyl (C=O) groups excluding carboxylic acids is 5. The number of hydrogen-bond acceptors (Lipinski definition) is 10. The molecular weight excluding hydrogens is 769 g/mol. The van der Waals surface area contributed by atoms with Gasteiger partial charge in [0.05, 0.1) is 6.04 Å². The molecule has 16 nitrogen and oxygen atoms in total. The molecule has 1 aromatic carbocycles.